The van der Waals surface area contributed by atoms with Crippen LogP contribution >= 0.6 is 0 Å². The van der Waals surface area contributed by atoms with Crippen LogP contribution in [0.4, 0.5) is 8.78 Å². The molecule has 4 nitrogen and oxygen atoms in total. The zero-order chi connectivity index (χ0) is 20.4. The van der Waals surface area contributed by atoms with Crippen molar-refractivity contribution in [2.45, 2.75) is 26.8 Å². The first kappa shape index (κ1) is 19.3. The second-order valence-corrected chi connectivity index (χ2v) is 6.52. The van der Waals surface area contributed by atoms with Crippen LogP contribution in [0.25, 0.3) is 11.1 Å². The minimum absolute atomic E-state index is 0.281. The number of nitriles is 1. The Morgan fingerprint density at radius 1 is 1.14 bits per heavy atom. The molecule has 1 heterocycles. The molecule has 28 heavy (non-hydrogen) atoms. The Morgan fingerprint density at radius 3 is 2.36 bits per heavy atom. The molecule has 1 amide bonds. The number of benzene rings is 2. The highest BCUT2D eigenvalue weighted by atomic mass is 19.2. The van der Waals surface area contributed by atoms with Gasteiger partial charge in [-0.3, -0.25) is 4.79 Å². The summed E-state index contributed by atoms with van der Waals surface area (Å²) in [4.78, 5) is 12.2. The Bertz CT molecular complexity index is 1090. The lowest BCUT2D eigenvalue weighted by atomic mass is 9.98. The highest BCUT2D eigenvalue weighted by Crippen LogP contribution is 2.34. The van der Waals surface area contributed by atoms with E-state index in [9.17, 15) is 13.6 Å². The van der Waals surface area contributed by atoms with Crippen molar-refractivity contribution in [3.05, 3.63) is 82.2 Å². The van der Waals surface area contributed by atoms with Gasteiger partial charge in [0.15, 0.2) is 11.6 Å². The molecule has 0 bridgehead atoms. The molecule has 0 saturated heterocycles. The van der Waals surface area contributed by atoms with Crippen molar-refractivity contribution in [2.24, 2.45) is 5.73 Å². The number of nitrogens with zero attached hydrogens (tertiary/aromatic N) is 2. The summed E-state index contributed by atoms with van der Waals surface area (Å²) in [6.45, 7) is 4.02. The summed E-state index contributed by atoms with van der Waals surface area (Å²) in [5, 5.41) is 9.01. The predicted octanol–water partition coefficient (Wildman–Crippen LogP) is 4.32. The van der Waals surface area contributed by atoms with Gasteiger partial charge in [-0.15, -0.1) is 0 Å². The third-order valence-electron chi connectivity index (χ3n) is 4.84. The molecule has 0 aliphatic rings. The molecule has 0 radical (unpaired) electrons. The van der Waals surface area contributed by atoms with E-state index in [1.54, 1.807) is 31.2 Å². The lowest BCUT2D eigenvalue weighted by molar-refractivity contribution is 0.1000. The van der Waals surface area contributed by atoms with Gasteiger partial charge in [-0.1, -0.05) is 25.1 Å². The summed E-state index contributed by atoms with van der Waals surface area (Å²) in [5.41, 5.74) is 10.2. The fraction of sp³-hybridized carbons (Fsp3) is 0.182. The highest BCUT2D eigenvalue weighted by molar-refractivity contribution is 6.02. The maximum Gasteiger partial charge on any atom is 0.251 e. The van der Waals surface area contributed by atoms with Gasteiger partial charge in [0.25, 0.3) is 5.91 Å². The molecule has 3 aromatic rings. The number of hydrogen-bond donors (Lipinski definition) is 1. The molecule has 2 aromatic carbocycles. The Kier molecular flexibility index (Phi) is 5.27. The van der Waals surface area contributed by atoms with Gasteiger partial charge in [-0.05, 0) is 48.7 Å². The van der Waals surface area contributed by atoms with Gasteiger partial charge in [0, 0.05) is 23.5 Å². The summed E-state index contributed by atoms with van der Waals surface area (Å²) < 4.78 is 28.8. The van der Waals surface area contributed by atoms with E-state index in [0.29, 0.717) is 34.4 Å². The Hall–Kier alpha value is -3.46. The number of halogens is 2. The van der Waals surface area contributed by atoms with Gasteiger partial charge in [-0.25, -0.2) is 8.78 Å². The highest BCUT2D eigenvalue weighted by Gasteiger charge is 2.24. The molecule has 1 aromatic heterocycles. The number of carbonyl (C=O) groups is 1. The van der Waals surface area contributed by atoms with E-state index < -0.39 is 17.5 Å². The van der Waals surface area contributed by atoms with E-state index in [2.05, 4.69) is 6.07 Å². The summed E-state index contributed by atoms with van der Waals surface area (Å²) in [7, 11) is 0. The average Bonchev–Trinajstić information content (AvgIpc) is 2.96. The zero-order valence-electron chi connectivity index (χ0n) is 15.6. The van der Waals surface area contributed by atoms with E-state index in [4.69, 9.17) is 11.0 Å². The van der Waals surface area contributed by atoms with Crippen molar-refractivity contribution in [3.63, 3.8) is 0 Å². The maximum atomic E-state index is 13.6. The number of nitrogens with two attached hydrogens (primary N) is 1. The normalized spacial score (nSPS) is 10.7. The quantitative estimate of drug-likeness (QED) is 0.717. The summed E-state index contributed by atoms with van der Waals surface area (Å²) in [6, 6.07) is 12.7. The van der Waals surface area contributed by atoms with Gasteiger partial charge in [0.1, 0.15) is 0 Å². The van der Waals surface area contributed by atoms with Crippen molar-refractivity contribution < 1.29 is 13.6 Å². The minimum atomic E-state index is -0.914. The van der Waals surface area contributed by atoms with Crippen LogP contribution < -0.4 is 5.73 Å². The fourth-order valence-electron chi connectivity index (χ4n) is 3.52. The van der Waals surface area contributed by atoms with E-state index in [1.807, 2.05) is 11.5 Å². The number of primary amides is 1. The van der Waals surface area contributed by atoms with Crippen LogP contribution in [0.1, 0.15) is 39.8 Å². The number of carbonyl (C=O) groups excluding carboxylic acids is 1. The van der Waals surface area contributed by atoms with Gasteiger partial charge >= 0.3 is 0 Å². The van der Waals surface area contributed by atoms with Crippen LogP contribution in [-0.2, 0) is 13.0 Å². The molecule has 0 saturated carbocycles. The van der Waals surface area contributed by atoms with Crippen molar-refractivity contribution in [1.82, 2.24) is 4.57 Å². The molecule has 3 rings (SSSR count). The van der Waals surface area contributed by atoms with Gasteiger partial charge < -0.3 is 10.3 Å². The fourth-order valence-corrected chi connectivity index (χ4v) is 3.52. The first-order chi connectivity index (χ1) is 13.4. The summed E-state index contributed by atoms with van der Waals surface area (Å²) >= 11 is 0. The van der Waals surface area contributed by atoms with Crippen molar-refractivity contribution >= 4 is 5.91 Å². The number of rotatable bonds is 5. The van der Waals surface area contributed by atoms with E-state index in [-0.39, 0.29) is 6.54 Å². The standard InChI is InChI=1S/C22H19F2N3O/c1-3-19-21(16-7-4-14(11-25)5-8-16)20(22(26)28)13(2)27(19)12-15-6-9-17(23)18(24)10-15/h4-10H,3,12H2,1-2H3,(H2,26,28). The summed E-state index contributed by atoms with van der Waals surface area (Å²) in [6.07, 6.45) is 0.604. The minimum Gasteiger partial charge on any atom is -0.366 e. The molecule has 142 valence electrons. The van der Waals surface area contributed by atoms with Gasteiger partial charge in [0.2, 0.25) is 0 Å². The Morgan fingerprint density at radius 2 is 1.82 bits per heavy atom. The smallest absolute Gasteiger partial charge is 0.251 e. The van der Waals surface area contributed by atoms with Crippen molar-refractivity contribution in [3.8, 4) is 17.2 Å². The summed E-state index contributed by atoms with van der Waals surface area (Å²) in [5.74, 6) is -2.38. The second kappa shape index (κ2) is 7.65. The molecule has 0 spiro atoms. The average molecular weight is 379 g/mol. The molecule has 0 atom stereocenters. The molecule has 0 aliphatic heterocycles. The van der Waals surface area contributed by atoms with Crippen molar-refractivity contribution in [1.29, 1.82) is 5.26 Å². The molecule has 2 N–H and O–H groups in total. The van der Waals surface area contributed by atoms with Crippen LogP contribution in [0.5, 0.6) is 0 Å². The van der Waals surface area contributed by atoms with E-state index >= 15 is 0 Å². The number of amides is 1. The lowest BCUT2D eigenvalue weighted by Crippen LogP contribution is -2.13. The van der Waals surface area contributed by atoms with Gasteiger partial charge in [0.05, 0.1) is 17.2 Å². The van der Waals surface area contributed by atoms with Crippen LogP contribution in [0.15, 0.2) is 42.5 Å². The van der Waals surface area contributed by atoms with Gasteiger partial charge in [-0.2, -0.15) is 5.26 Å². The van der Waals surface area contributed by atoms with Crippen LogP contribution in [0.2, 0.25) is 0 Å². The number of hydrogen-bond acceptors (Lipinski definition) is 2. The third kappa shape index (κ3) is 3.39. The molecular formula is C22H19F2N3O. The largest absolute Gasteiger partial charge is 0.366 e. The SMILES string of the molecule is CCc1c(-c2ccc(C#N)cc2)c(C(N)=O)c(C)n1Cc1ccc(F)c(F)c1. The third-order valence-corrected chi connectivity index (χ3v) is 4.84. The van der Waals surface area contributed by atoms with E-state index in [1.165, 1.54) is 6.07 Å². The predicted molar refractivity (Wildman–Crippen MR) is 103 cm³/mol. The van der Waals surface area contributed by atoms with Crippen LogP contribution in [0, 0.1) is 29.9 Å². The Balaban J connectivity index is 2.19. The maximum absolute atomic E-state index is 13.6. The lowest BCUT2D eigenvalue weighted by Gasteiger charge is -2.12. The molecule has 6 heteroatoms. The zero-order valence-corrected chi connectivity index (χ0v) is 15.6. The first-order valence-corrected chi connectivity index (χ1v) is 8.83. The molecular weight excluding hydrogens is 360 g/mol. The van der Waals surface area contributed by atoms with E-state index in [0.717, 1.165) is 23.4 Å². The first-order valence-electron chi connectivity index (χ1n) is 8.83. The van der Waals surface area contributed by atoms with Crippen molar-refractivity contribution in [2.75, 3.05) is 0 Å². The second-order valence-electron chi connectivity index (χ2n) is 6.52. The molecule has 0 fully saturated rings. The van der Waals surface area contributed by atoms with Crippen LogP contribution in [-0.4, -0.2) is 10.5 Å². The topological polar surface area (TPSA) is 71.8 Å². The molecule has 0 aliphatic carbocycles. The van der Waals surface area contributed by atoms with Crippen LogP contribution in [0.3, 0.4) is 0 Å². The monoisotopic (exact) mass is 379 g/mol. The molecule has 0 unspecified atom stereocenters. The Labute approximate surface area is 161 Å². The number of aromatic nitrogens is 1.